The molecule has 90 valence electrons. The first-order valence-corrected chi connectivity index (χ1v) is 6.06. The third-order valence-electron chi connectivity index (χ3n) is 2.87. The minimum absolute atomic E-state index is 0.262. The Balaban J connectivity index is 2.60. The molecule has 0 saturated heterocycles. The molecule has 0 aliphatic heterocycles. The summed E-state index contributed by atoms with van der Waals surface area (Å²) in [7, 11) is 0. The zero-order valence-electron chi connectivity index (χ0n) is 10.6. The Labute approximate surface area is 98.7 Å². The molecule has 0 bridgehead atoms. The van der Waals surface area contributed by atoms with Gasteiger partial charge in [0.25, 0.3) is 0 Å². The summed E-state index contributed by atoms with van der Waals surface area (Å²) in [6.07, 6.45) is 0.822. The molecular formula is C14H23NO. The van der Waals surface area contributed by atoms with Crippen LogP contribution in [-0.4, -0.2) is 18.3 Å². The largest absolute Gasteiger partial charge is 0.396 e. The molecule has 0 radical (unpaired) electrons. The number of nitrogens with one attached hydrogen (secondary N) is 1. The molecule has 1 aromatic carbocycles. The number of aliphatic hydroxyl groups is 1. The van der Waals surface area contributed by atoms with Crippen molar-refractivity contribution in [2.75, 3.05) is 13.2 Å². The van der Waals surface area contributed by atoms with Crippen LogP contribution in [0.5, 0.6) is 0 Å². The lowest BCUT2D eigenvalue weighted by Crippen LogP contribution is -2.16. The van der Waals surface area contributed by atoms with E-state index in [0.29, 0.717) is 5.92 Å². The molecule has 0 spiro atoms. The van der Waals surface area contributed by atoms with Crippen molar-refractivity contribution in [2.45, 2.75) is 39.7 Å². The third kappa shape index (κ3) is 3.95. The molecule has 0 aliphatic carbocycles. The van der Waals surface area contributed by atoms with E-state index in [2.05, 4.69) is 44.3 Å². The second-order valence-electron chi connectivity index (χ2n) is 4.59. The number of hydrogen-bond acceptors (Lipinski definition) is 2. The van der Waals surface area contributed by atoms with E-state index in [-0.39, 0.29) is 6.61 Å². The van der Waals surface area contributed by atoms with Crippen LogP contribution >= 0.6 is 0 Å². The molecule has 2 N–H and O–H groups in total. The van der Waals surface area contributed by atoms with Gasteiger partial charge in [-0.15, -0.1) is 0 Å². The van der Waals surface area contributed by atoms with Crippen LogP contribution in [0.2, 0.25) is 0 Å². The average molecular weight is 221 g/mol. The first-order valence-electron chi connectivity index (χ1n) is 6.06. The molecule has 0 aliphatic rings. The zero-order chi connectivity index (χ0) is 12.0. The van der Waals surface area contributed by atoms with E-state index in [4.69, 9.17) is 5.11 Å². The summed E-state index contributed by atoms with van der Waals surface area (Å²) in [6.45, 7) is 8.61. The van der Waals surface area contributed by atoms with Gasteiger partial charge in [0.2, 0.25) is 0 Å². The Morgan fingerprint density at radius 2 is 2.06 bits per heavy atom. The van der Waals surface area contributed by atoms with Gasteiger partial charge in [0.15, 0.2) is 0 Å². The highest BCUT2D eigenvalue weighted by atomic mass is 16.3. The van der Waals surface area contributed by atoms with Gasteiger partial charge < -0.3 is 10.4 Å². The molecule has 1 aromatic rings. The van der Waals surface area contributed by atoms with Crippen LogP contribution in [0.4, 0.5) is 0 Å². The molecule has 2 nitrogen and oxygen atoms in total. The standard InChI is InChI=1S/C14H23NO/c1-11(2)13-6-5-12(3)14(9-13)10-15-7-4-8-16/h5-6,9,11,15-16H,4,7-8,10H2,1-3H3. The highest BCUT2D eigenvalue weighted by Crippen LogP contribution is 2.18. The maximum atomic E-state index is 8.69. The van der Waals surface area contributed by atoms with Gasteiger partial charge >= 0.3 is 0 Å². The summed E-state index contributed by atoms with van der Waals surface area (Å²) in [5.41, 5.74) is 4.09. The van der Waals surface area contributed by atoms with Crippen LogP contribution in [0.3, 0.4) is 0 Å². The quantitative estimate of drug-likeness (QED) is 0.724. The minimum Gasteiger partial charge on any atom is -0.396 e. The molecule has 0 atom stereocenters. The topological polar surface area (TPSA) is 32.3 Å². The van der Waals surface area contributed by atoms with Crippen molar-refractivity contribution in [1.29, 1.82) is 0 Å². The lowest BCUT2D eigenvalue weighted by molar-refractivity contribution is 0.286. The van der Waals surface area contributed by atoms with E-state index in [0.717, 1.165) is 19.5 Å². The summed E-state index contributed by atoms with van der Waals surface area (Å²) < 4.78 is 0. The van der Waals surface area contributed by atoms with Gasteiger partial charge in [-0.2, -0.15) is 0 Å². The van der Waals surface area contributed by atoms with Gasteiger partial charge in [-0.25, -0.2) is 0 Å². The monoisotopic (exact) mass is 221 g/mol. The van der Waals surface area contributed by atoms with Gasteiger partial charge in [0.05, 0.1) is 0 Å². The third-order valence-corrected chi connectivity index (χ3v) is 2.87. The molecule has 0 fully saturated rings. The fourth-order valence-electron chi connectivity index (χ4n) is 1.67. The number of aliphatic hydroxyl groups excluding tert-OH is 1. The number of hydrogen-bond donors (Lipinski definition) is 2. The van der Waals surface area contributed by atoms with Crippen LogP contribution in [0.15, 0.2) is 18.2 Å². The van der Waals surface area contributed by atoms with Crippen LogP contribution in [0.1, 0.15) is 42.9 Å². The summed E-state index contributed by atoms with van der Waals surface area (Å²) >= 11 is 0. The predicted octanol–water partition coefficient (Wildman–Crippen LogP) is 2.59. The van der Waals surface area contributed by atoms with Crippen molar-refractivity contribution in [3.05, 3.63) is 34.9 Å². The highest BCUT2D eigenvalue weighted by Gasteiger charge is 2.03. The number of rotatable bonds is 6. The lowest BCUT2D eigenvalue weighted by Gasteiger charge is -2.12. The molecule has 0 aromatic heterocycles. The molecule has 16 heavy (non-hydrogen) atoms. The summed E-state index contributed by atoms with van der Waals surface area (Å²) in [5, 5.41) is 12.0. The van der Waals surface area contributed by atoms with Gasteiger partial charge in [-0.3, -0.25) is 0 Å². The van der Waals surface area contributed by atoms with E-state index >= 15 is 0 Å². The fourth-order valence-corrected chi connectivity index (χ4v) is 1.67. The smallest absolute Gasteiger partial charge is 0.0443 e. The van der Waals surface area contributed by atoms with Crippen LogP contribution in [0.25, 0.3) is 0 Å². The second kappa shape index (κ2) is 6.66. The van der Waals surface area contributed by atoms with E-state index < -0.39 is 0 Å². The number of aryl methyl sites for hydroxylation is 1. The minimum atomic E-state index is 0.262. The summed E-state index contributed by atoms with van der Waals surface area (Å²) in [4.78, 5) is 0. The predicted molar refractivity (Wildman–Crippen MR) is 68.7 cm³/mol. The van der Waals surface area contributed by atoms with Gasteiger partial charge in [0.1, 0.15) is 0 Å². The Kier molecular flexibility index (Phi) is 5.50. The van der Waals surface area contributed by atoms with Crippen molar-refractivity contribution in [1.82, 2.24) is 5.32 Å². The normalized spacial score (nSPS) is 11.1. The van der Waals surface area contributed by atoms with E-state index in [1.807, 2.05) is 0 Å². The van der Waals surface area contributed by atoms with Crippen molar-refractivity contribution in [3.8, 4) is 0 Å². The van der Waals surface area contributed by atoms with E-state index in [9.17, 15) is 0 Å². The summed E-state index contributed by atoms with van der Waals surface area (Å²) in [5.74, 6) is 0.580. The average Bonchev–Trinajstić information content (AvgIpc) is 2.26. The molecule has 0 amide bonds. The van der Waals surface area contributed by atoms with Crippen LogP contribution in [-0.2, 0) is 6.54 Å². The maximum absolute atomic E-state index is 8.69. The molecule has 1 rings (SSSR count). The first kappa shape index (κ1) is 13.2. The number of benzene rings is 1. The van der Waals surface area contributed by atoms with Crippen molar-refractivity contribution >= 4 is 0 Å². The fraction of sp³-hybridized carbons (Fsp3) is 0.571. The first-order chi connectivity index (χ1) is 7.65. The van der Waals surface area contributed by atoms with E-state index in [1.165, 1.54) is 16.7 Å². The van der Waals surface area contributed by atoms with Gasteiger partial charge in [-0.05, 0) is 42.5 Å². The van der Waals surface area contributed by atoms with Gasteiger partial charge in [-0.1, -0.05) is 32.0 Å². The van der Waals surface area contributed by atoms with Crippen molar-refractivity contribution < 1.29 is 5.11 Å². The molecule has 0 unspecified atom stereocenters. The Morgan fingerprint density at radius 3 is 2.69 bits per heavy atom. The molecule has 0 heterocycles. The Hall–Kier alpha value is -0.860. The Bertz CT molecular complexity index is 321. The van der Waals surface area contributed by atoms with Crippen molar-refractivity contribution in [3.63, 3.8) is 0 Å². The molecule has 2 heteroatoms. The lowest BCUT2D eigenvalue weighted by atomic mass is 9.98. The second-order valence-corrected chi connectivity index (χ2v) is 4.59. The summed E-state index contributed by atoms with van der Waals surface area (Å²) in [6, 6.07) is 6.68. The SMILES string of the molecule is Cc1ccc(C(C)C)cc1CNCCCO. The van der Waals surface area contributed by atoms with E-state index in [1.54, 1.807) is 0 Å². The maximum Gasteiger partial charge on any atom is 0.0443 e. The zero-order valence-corrected chi connectivity index (χ0v) is 10.6. The van der Waals surface area contributed by atoms with Crippen molar-refractivity contribution in [2.24, 2.45) is 0 Å². The van der Waals surface area contributed by atoms with Gasteiger partial charge in [0, 0.05) is 13.2 Å². The Morgan fingerprint density at radius 1 is 1.31 bits per heavy atom. The van der Waals surface area contributed by atoms with Crippen LogP contribution in [0, 0.1) is 6.92 Å². The van der Waals surface area contributed by atoms with Crippen LogP contribution < -0.4 is 5.32 Å². The molecular weight excluding hydrogens is 198 g/mol. The highest BCUT2D eigenvalue weighted by molar-refractivity contribution is 5.32. The molecule has 0 saturated carbocycles.